The molecule has 8 heteroatoms. The van der Waals surface area contributed by atoms with Crippen molar-refractivity contribution in [3.63, 3.8) is 0 Å². The summed E-state index contributed by atoms with van der Waals surface area (Å²) in [6.07, 6.45) is 5.76. The number of rotatable bonds is 9. The number of nitrogens with one attached hydrogen (secondary N) is 2. The van der Waals surface area contributed by atoms with Crippen molar-refractivity contribution in [1.29, 1.82) is 5.26 Å². The van der Waals surface area contributed by atoms with Gasteiger partial charge in [-0.05, 0) is 57.5 Å². The van der Waals surface area contributed by atoms with E-state index in [0.717, 1.165) is 57.9 Å². The third-order valence-corrected chi connectivity index (χ3v) is 7.49. The summed E-state index contributed by atoms with van der Waals surface area (Å²) in [6, 6.07) is 2.08. The molecule has 174 valence electrons. The highest BCUT2D eigenvalue weighted by atomic mass is 19.3. The lowest BCUT2D eigenvalue weighted by Gasteiger charge is -2.54. The number of nitriles is 1. The van der Waals surface area contributed by atoms with Crippen LogP contribution in [0.1, 0.15) is 65.2 Å². The standard InChI is InChI=1S/C23H37F2N5O/c1-17(2)11-23(24,25)12-18(13-27-22(14-26)5-6-22)28-20(31)30-15-21(16-30)7-9-29(10-8-21)19-3-4-19/h17-19,27H,3-13,15-16H2,1-2H3,(H,28,31)/t18-/m0/s1. The smallest absolute Gasteiger partial charge is 0.317 e. The molecule has 6 nitrogen and oxygen atoms in total. The van der Waals surface area contributed by atoms with Gasteiger partial charge in [-0.3, -0.25) is 5.32 Å². The van der Waals surface area contributed by atoms with Crippen LogP contribution in [0.5, 0.6) is 0 Å². The molecule has 0 unspecified atom stereocenters. The van der Waals surface area contributed by atoms with Crippen molar-refractivity contribution in [2.45, 2.75) is 88.8 Å². The summed E-state index contributed by atoms with van der Waals surface area (Å²) in [5.41, 5.74) is -0.371. The fourth-order valence-corrected chi connectivity index (χ4v) is 5.28. The molecule has 2 aliphatic heterocycles. The highest BCUT2D eigenvalue weighted by molar-refractivity contribution is 5.75. The number of nitrogens with zero attached hydrogens (tertiary/aromatic N) is 3. The lowest BCUT2D eigenvalue weighted by molar-refractivity contribution is -0.0390. The Morgan fingerprint density at radius 2 is 1.81 bits per heavy atom. The molecule has 31 heavy (non-hydrogen) atoms. The van der Waals surface area contributed by atoms with Gasteiger partial charge in [0.05, 0.1) is 6.07 Å². The van der Waals surface area contributed by atoms with Crippen molar-refractivity contribution in [1.82, 2.24) is 20.4 Å². The number of urea groups is 1. The Labute approximate surface area is 184 Å². The number of hydrogen-bond donors (Lipinski definition) is 2. The molecule has 2 saturated heterocycles. The third kappa shape index (κ3) is 5.67. The number of hydrogen-bond acceptors (Lipinski definition) is 4. The summed E-state index contributed by atoms with van der Waals surface area (Å²) in [6.45, 7) is 7.44. The van der Waals surface area contributed by atoms with E-state index in [1.807, 2.05) is 0 Å². The molecule has 2 N–H and O–H groups in total. The molecule has 1 spiro atoms. The van der Waals surface area contributed by atoms with E-state index in [1.165, 1.54) is 12.8 Å². The van der Waals surface area contributed by atoms with Crippen LogP contribution >= 0.6 is 0 Å². The lowest BCUT2D eigenvalue weighted by atomic mass is 9.72. The Morgan fingerprint density at radius 3 is 2.32 bits per heavy atom. The molecule has 0 bridgehead atoms. The van der Waals surface area contributed by atoms with Crippen LogP contribution in [0, 0.1) is 22.7 Å². The lowest BCUT2D eigenvalue weighted by Crippen LogP contribution is -2.65. The molecule has 0 radical (unpaired) electrons. The summed E-state index contributed by atoms with van der Waals surface area (Å²) >= 11 is 0. The monoisotopic (exact) mass is 437 g/mol. The molecule has 1 atom stereocenters. The minimum absolute atomic E-state index is 0.120. The number of piperidine rings is 1. The summed E-state index contributed by atoms with van der Waals surface area (Å²) in [7, 11) is 0. The number of halogens is 2. The normalized spacial score (nSPS) is 25.7. The molecular weight excluding hydrogens is 400 g/mol. The minimum atomic E-state index is -2.84. The second-order valence-corrected chi connectivity index (χ2v) is 11.0. The van der Waals surface area contributed by atoms with Gasteiger partial charge in [0.25, 0.3) is 0 Å². The molecule has 2 amide bonds. The molecule has 0 aromatic carbocycles. The van der Waals surface area contributed by atoms with E-state index in [-0.39, 0.29) is 30.3 Å². The van der Waals surface area contributed by atoms with Crippen LogP contribution in [-0.4, -0.2) is 72.1 Å². The molecule has 2 aliphatic carbocycles. The molecule has 0 aromatic rings. The summed E-state index contributed by atoms with van der Waals surface area (Å²) < 4.78 is 29.0. The Balaban J connectivity index is 1.28. The highest BCUT2D eigenvalue weighted by Gasteiger charge is 2.49. The Bertz CT molecular complexity index is 697. The van der Waals surface area contributed by atoms with Gasteiger partial charge in [0.1, 0.15) is 5.54 Å². The topological polar surface area (TPSA) is 71.4 Å². The average molecular weight is 438 g/mol. The number of amides is 2. The SMILES string of the molecule is CC(C)CC(F)(F)C[C@@H](CNC1(C#N)CC1)NC(=O)N1CC2(CCN(C3CC3)CC2)C1. The van der Waals surface area contributed by atoms with E-state index in [9.17, 15) is 18.8 Å². The largest absolute Gasteiger partial charge is 0.334 e. The van der Waals surface area contributed by atoms with Gasteiger partial charge in [-0.15, -0.1) is 0 Å². The van der Waals surface area contributed by atoms with Gasteiger partial charge in [0, 0.05) is 50.0 Å². The fourth-order valence-electron chi connectivity index (χ4n) is 5.28. The van der Waals surface area contributed by atoms with Crippen molar-refractivity contribution in [2.75, 3.05) is 32.7 Å². The van der Waals surface area contributed by atoms with Crippen LogP contribution in [0.4, 0.5) is 13.6 Å². The highest BCUT2D eigenvalue weighted by Crippen LogP contribution is 2.43. The van der Waals surface area contributed by atoms with Crippen LogP contribution in [0.25, 0.3) is 0 Å². The van der Waals surface area contributed by atoms with Gasteiger partial charge in [-0.25, -0.2) is 13.6 Å². The molecule has 4 rings (SSSR count). The van der Waals surface area contributed by atoms with E-state index < -0.39 is 23.9 Å². The maximum absolute atomic E-state index is 14.5. The summed E-state index contributed by atoms with van der Waals surface area (Å²) in [5, 5.41) is 15.3. The fraction of sp³-hybridized carbons (Fsp3) is 0.913. The zero-order valence-corrected chi connectivity index (χ0v) is 18.9. The van der Waals surface area contributed by atoms with Gasteiger partial charge in [-0.2, -0.15) is 5.26 Å². The predicted octanol–water partition coefficient (Wildman–Crippen LogP) is 3.34. The van der Waals surface area contributed by atoms with Gasteiger partial charge in [0.15, 0.2) is 0 Å². The molecular formula is C23H37F2N5O. The van der Waals surface area contributed by atoms with Crippen LogP contribution in [-0.2, 0) is 0 Å². The molecule has 2 heterocycles. The number of likely N-dealkylation sites (tertiary alicyclic amines) is 2. The van der Waals surface area contributed by atoms with E-state index in [1.54, 1.807) is 18.7 Å². The van der Waals surface area contributed by atoms with E-state index in [0.29, 0.717) is 0 Å². The van der Waals surface area contributed by atoms with Crippen molar-refractivity contribution in [2.24, 2.45) is 11.3 Å². The zero-order chi connectivity index (χ0) is 22.3. The Hall–Kier alpha value is -1.46. The van der Waals surface area contributed by atoms with Gasteiger partial charge in [-0.1, -0.05) is 13.8 Å². The predicted molar refractivity (Wildman–Crippen MR) is 115 cm³/mol. The van der Waals surface area contributed by atoms with Crippen LogP contribution in [0.15, 0.2) is 0 Å². The van der Waals surface area contributed by atoms with Crippen molar-refractivity contribution >= 4 is 6.03 Å². The third-order valence-electron chi connectivity index (χ3n) is 7.49. The average Bonchev–Trinajstić information content (AvgIpc) is 3.58. The van der Waals surface area contributed by atoms with Gasteiger partial charge >= 0.3 is 6.03 Å². The number of carbonyl (C=O) groups excluding carboxylic acids is 1. The maximum atomic E-state index is 14.5. The quantitative estimate of drug-likeness (QED) is 0.580. The molecule has 4 aliphatic rings. The minimum Gasteiger partial charge on any atom is -0.334 e. The van der Waals surface area contributed by atoms with Gasteiger partial charge < -0.3 is 15.1 Å². The molecule has 2 saturated carbocycles. The summed E-state index contributed by atoms with van der Waals surface area (Å²) in [5.74, 6) is -2.96. The van der Waals surface area contributed by atoms with Crippen molar-refractivity contribution < 1.29 is 13.6 Å². The van der Waals surface area contributed by atoms with E-state index in [2.05, 4.69) is 21.6 Å². The van der Waals surface area contributed by atoms with E-state index in [4.69, 9.17) is 0 Å². The van der Waals surface area contributed by atoms with Crippen molar-refractivity contribution in [3.05, 3.63) is 0 Å². The molecule has 0 aromatic heterocycles. The maximum Gasteiger partial charge on any atom is 0.317 e. The molecule has 4 fully saturated rings. The van der Waals surface area contributed by atoms with E-state index >= 15 is 0 Å². The van der Waals surface area contributed by atoms with Gasteiger partial charge in [0.2, 0.25) is 5.92 Å². The van der Waals surface area contributed by atoms with Crippen LogP contribution in [0.2, 0.25) is 0 Å². The first-order valence-corrected chi connectivity index (χ1v) is 12.0. The first-order chi connectivity index (χ1) is 14.6. The summed E-state index contributed by atoms with van der Waals surface area (Å²) in [4.78, 5) is 17.2. The first kappa shape index (κ1) is 22.7. The number of alkyl halides is 2. The van der Waals surface area contributed by atoms with Crippen LogP contribution in [0.3, 0.4) is 0 Å². The first-order valence-electron chi connectivity index (χ1n) is 12.0. The Kier molecular flexibility index (Phi) is 6.21. The van der Waals surface area contributed by atoms with Crippen LogP contribution < -0.4 is 10.6 Å². The number of carbonyl (C=O) groups is 1. The Morgan fingerprint density at radius 1 is 1.16 bits per heavy atom. The second-order valence-electron chi connectivity index (χ2n) is 11.0. The van der Waals surface area contributed by atoms with Crippen molar-refractivity contribution in [3.8, 4) is 6.07 Å². The zero-order valence-electron chi connectivity index (χ0n) is 18.9. The second kappa shape index (κ2) is 8.47.